The standard InChI is InChI=1S/C23H21N5O3S2/c1-31-23(29)28-22-25-11-14(12-26-22)17-10-16(13-6-3-2-4-7-13)18-19(24)21(32-20(18)27-17)33(30)15-8-5-9-15/h2-4,6-7,10-12,15H,5,8-9,24H2,1H3,(H,25,26,28,29). The minimum Gasteiger partial charge on any atom is -0.611 e. The van der Waals surface area contributed by atoms with Crippen molar-refractivity contribution >= 4 is 50.5 Å². The molecule has 1 aliphatic carbocycles. The number of nitrogens with zero attached hydrogens (tertiary/aromatic N) is 3. The lowest BCUT2D eigenvalue weighted by atomic mass is 10.00. The van der Waals surface area contributed by atoms with Gasteiger partial charge in [-0.15, -0.1) is 0 Å². The number of aromatic nitrogens is 3. The normalized spacial score (nSPS) is 14.6. The van der Waals surface area contributed by atoms with Gasteiger partial charge in [-0.25, -0.2) is 19.7 Å². The van der Waals surface area contributed by atoms with Crippen molar-refractivity contribution in [1.82, 2.24) is 15.0 Å². The van der Waals surface area contributed by atoms with Crippen molar-refractivity contribution in [1.29, 1.82) is 0 Å². The molecule has 3 N–H and O–H groups in total. The summed E-state index contributed by atoms with van der Waals surface area (Å²) in [6.07, 6.45) is 5.58. The van der Waals surface area contributed by atoms with Crippen LogP contribution in [0.2, 0.25) is 0 Å². The SMILES string of the molecule is COC(=O)Nc1ncc(-c2cc(-c3ccccc3)c3c(N)c([S+]([O-])C4CCC4)sc3n2)cn1. The average Bonchev–Trinajstić information content (AvgIpc) is 3.15. The smallest absolute Gasteiger partial charge is 0.413 e. The molecule has 10 heteroatoms. The van der Waals surface area contributed by atoms with Crippen LogP contribution in [-0.4, -0.2) is 38.0 Å². The van der Waals surface area contributed by atoms with Crippen LogP contribution >= 0.6 is 11.3 Å². The number of methoxy groups -OCH3 is 1. The van der Waals surface area contributed by atoms with Gasteiger partial charge in [0.1, 0.15) is 15.8 Å². The molecule has 0 spiro atoms. The summed E-state index contributed by atoms with van der Waals surface area (Å²) < 4.78 is 18.4. The third kappa shape index (κ3) is 4.12. The topological polar surface area (TPSA) is 126 Å². The molecule has 3 heterocycles. The van der Waals surface area contributed by atoms with Crippen LogP contribution in [0.15, 0.2) is 53.0 Å². The monoisotopic (exact) mass is 479 g/mol. The highest BCUT2D eigenvalue weighted by Gasteiger charge is 2.35. The molecule has 0 aliphatic heterocycles. The maximum atomic E-state index is 13.1. The minimum absolute atomic E-state index is 0.133. The van der Waals surface area contributed by atoms with Gasteiger partial charge in [0.05, 0.1) is 12.8 Å². The Bertz CT molecular complexity index is 1310. The van der Waals surface area contributed by atoms with Crippen molar-refractivity contribution < 1.29 is 14.1 Å². The number of benzene rings is 1. The Morgan fingerprint density at radius 3 is 2.58 bits per heavy atom. The lowest BCUT2D eigenvalue weighted by Gasteiger charge is -2.27. The lowest BCUT2D eigenvalue weighted by Crippen LogP contribution is -2.28. The molecular formula is C23H21N5O3S2. The van der Waals surface area contributed by atoms with Crippen LogP contribution in [0.1, 0.15) is 19.3 Å². The molecule has 1 aromatic carbocycles. The number of hydrogen-bond acceptors (Lipinski definition) is 8. The zero-order chi connectivity index (χ0) is 22.9. The van der Waals surface area contributed by atoms with Crippen molar-refractivity contribution in [3.8, 4) is 22.4 Å². The van der Waals surface area contributed by atoms with E-state index >= 15 is 0 Å². The third-order valence-electron chi connectivity index (χ3n) is 5.63. The highest BCUT2D eigenvalue weighted by molar-refractivity contribution is 7.94. The van der Waals surface area contributed by atoms with Gasteiger partial charge in [-0.05, 0) is 36.5 Å². The second-order valence-corrected chi connectivity index (χ2v) is 10.6. The van der Waals surface area contributed by atoms with E-state index in [-0.39, 0.29) is 11.2 Å². The van der Waals surface area contributed by atoms with E-state index in [1.807, 2.05) is 36.4 Å². The van der Waals surface area contributed by atoms with E-state index in [1.165, 1.54) is 18.4 Å². The molecule has 1 saturated carbocycles. The Balaban J connectivity index is 1.62. The number of nitrogen functional groups attached to an aromatic ring is 1. The number of anilines is 2. The molecule has 1 atom stereocenters. The van der Waals surface area contributed by atoms with Gasteiger partial charge in [-0.3, -0.25) is 5.32 Å². The number of nitrogens with two attached hydrogens (primary N) is 1. The lowest BCUT2D eigenvalue weighted by molar-refractivity contribution is 0.186. The van der Waals surface area contributed by atoms with Gasteiger partial charge in [0.15, 0.2) is 0 Å². The second kappa shape index (κ2) is 8.97. The van der Waals surface area contributed by atoms with Crippen molar-refractivity contribution in [3.05, 3.63) is 48.8 Å². The van der Waals surface area contributed by atoms with E-state index in [0.717, 1.165) is 40.6 Å². The Kier molecular flexibility index (Phi) is 5.88. The number of ether oxygens (including phenoxy) is 1. The zero-order valence-corrected chi connectivity index (χ0v) is 19.4. The molecule has 5 rings (SSSR count). The minimum atomic E-state index is -1.13. The number of carbonyl (C=O) groups is 1. The predicted molar refractivity (Wildman–Crippen MR) is 131 cm³/mol. The molecule has 0 saturated heterocycles. The first-order valence-corrected chi connectivity index (χ1v) is 12.4. The van der Waals surface area contributed by atoms with E-state index in [1.54, 1.807) is 12.4 Å². The van der Waals surface area contributed by atoms with Crippen LogP contribution in [0.4, 0.5) is 16.4 Å². The van der Waals surface area contributed by atoms with E-state index in [4.69, 9.17) is 10.7 Å². The maximum absolute atomic E-state index is 13.1. The number of carbonyl (C=O) groups excluding carboxylic acids is 1. The molecule has 1 unspecified atom stereocenters. The molecule has 0 bridgehead atoms. The number of nitrogens with one attached hydrogen (secondary N) is 1. The van der Waals surface area contributed by atoms with Gasteiger partial charge >= 0.3 is 6.09 Å². The zero-order valence-electron chi connectivity index (χ0n) is 17.8. The summed E-state index contributed by atoms with van der Waals surface area (Å²) in [4.78, 5) is 25.3. The van der Waals surface area contributed by atoms with Crippen LogP contribution in [0, 0.1) is 0 Å². The number of amides is 1. The van der Waals surface area contributed by atoms with Gasteiger partial charge in [0.25, 0.3) is 0 Å². The molecular weight excluding hydrogens is 458 g/mol. The Morgan fingerprint density at radius 2 is 1.94 bits per heavy atom. The Labute approximate surface area is 197 Å². The quantitative estimate of drug-likeness (QED) is 0.392. The van der Waals surface area contributed by atoms with Gasteiger partial charge in [-0.1, -0.05) is 41.7 Å². The first-order chi connectivity index (χ1) is 16.0. The first-order valence-electron chi connectivity index (χ1n) is 10.4. The second-order valence-electron chi connectivity index (χ2n) is 7.67. The molecule has 1 aliphatic rings. The van der Waals surface area contributed by atoms with E-state index in [0.29, 0.717) is 21.2 Å². The fourth-order valence-corrected chi connectivity index (χ4v) is 6.86. The summed E-state index contributed by atoms with van der Waals surface area (Å²) in [6, 6.07) is 11.9. The summed E-state index contributed by atoms with van der Waals surface area (Å²) in [5.74, 6) is 0.133. The molecule has 4 aromatic rings. The van der Waals surface area contributed by atoms with Crippen LogP contribution in [-0.2, 0) is 15.9 Å². The van der Waals surface area contributed by atoms with Crippen molar-refractivity contribution in [2.24, 2.45) is 0 Å². The van der Waals surface area contributed by atoms with Gasteiger partial charge in [-0.2, -0.15) is 0 Å². The molecule has 0 radical (unpaired) electrons. The Hall–Kier alpha value is -3.21. The number of hydrogen-bond donors (Lipinski definition) is 2. The molecule has 168 valence electrons. The highest BCUT2D eigenvalue weighted by Crippen LogP contribution is 2.45. The van der Waals surface area contributed by atoms with E-state index in [9.17, 15) is 9.35 Å². The highest BCUT2D eigenvalue weighted by atomic mass is 32.2. The molecule has 33 heavy (non-hydrogen) atoms. The number of fused-ring (bicyclic) bond motifs is 1. The summed E-state index contributed by atoms with van der Waals surface area (Å²) in [6.45, 7) is 0. The number of pyridine rings is 1. The number of thiophene rings is 1. The largest absolute Gasteiger partial charge is 0.611 e. The summed E-state index contributed by atoms with van der Waals surface area (Å²) in [5.41, 5.74) is 10.4. The predicted octanol–water partition coefficient (Wildman–Crippen LogP) is 4.84. The number of rotatable bonds is 5. The van der Waals surface area contributed by atoms with Crippen molar-refractivity contribution in [2.75, 3.05) is 18.2 Å². The summed E-state index contributed by atoms with van der Waals surface area (Å²) in [5, 5.41) is 3.42. The van der Waals surface area contributed by atoms with Gasteiger partial charge in [0, 0.05) is 34.5 Å². The first kappa shape index (κ1) is 21.6. The third-order valence-corrected chi connectivity index (χ3v) is 8.93. The van der Waals surface area contributed by atoms with E-state index < -0.39 is 17.3 Å². The van der Waals surface area contributed by atoms with Crippen molar-refractivity contribution in [2.45, 2.75) is 28.7 Å². The Morgan fingerprint density at radius 1 is 1.21 bits per heavy atom. The van der Waals surface area contributed by atoms with Crippen molar-refractivity contribution in [3.63, 3.8) is 0 Å². The fourth-order valence-electron chi connectivity index (χ4n) is 3.65. The average molecular weight is 480 g/mol. The van der Waals surface area contributed by atoms with Crippen LogP contribution in [0.5, 0.6) is 0 Å². The summed E-state index contributed by atoms with van der Waals surface area (Å²) in [7, 11) is 1.27. The molecule has 1 amide bonds. The van der Waals surface area contributed by atoms with E-state index in [2.05, 4.69) is 20.0 Å². The molecule has 1 fully saturated rings. The van der Waals surface area contributed by atoms with Crippen LogP contribution in [0.25, 0.3) is 32.6 Å². The fraction of sp³-hybridized carbons (Fsp3) is 0.217. The molecule has 3 aromatic heterocycles. The van der Waals surface area contributed by atoms with Gasteiger partial charge < -0.3 is 15.0 Å². The summed E-state index contributed by atoms with van der Waals surface area (Å²) >= 11 is 0.257. The van der Waals surface area contributed by atoms with Crippen LogP contribution < -0.4 is 11.1 Å². The van der Waals surface area contributed by atoms with Crippen LogP contribution in [0.3, 0.4) is 0 Å². The van der Waals surface area contributed by atoms with Gasteiger partial charge in [0.2, 0.25) is 10.2 Å². The molecule has 8 nitrogen and oxygen atoms in total. The maximum Gasteiger partial charge on any atom is 0.413 e.